The van der Waals surface area contributed by atoms with Gasteiger partial charge in [-0.1, -0.05) is 13.3 Å². The molecule has 0 aromatic carbocycles. The number of carbonyl (C=O) groups excluding carboxylic acids is 1. The Hall–Kier alpha value is -1.52. The molecule has 1 fully saturated rings. The van der Waals surface area contributed by atoms with Crippen LogP contribution in [-0.2, 0) is 13.5 Å². The number of aromatic nitrogens is 2. The van der Waals surface area contributed by atoms with Crippen molar-refractivity contribution in [2.24, 2.45) is 13.0 Å². The molecule has 0 saturated heterocycles. The van der Waals surface area contributed by atoms with Crippen molar-refractivity contribution in [1.29, 1.82) is 0 Å². The first-order chi connectivity index (χ1) is 8.54. The van der Waals surface area contributed by atoms with Crippen LogP contribution in [0, 0.1) is 5.92 Å². The van der Waals surface area contributed by atoms with Crippen LogP contribution < -0.4 is 11.1 Å². The molecule has 1 aromatic rings. The first-order valence-corrected chi connectivity index (χ1v) is 6.66. The number of nitrogen functional groups attached to an aromatic ring is 1. The predicted octanol–water partition coefficient (Wildman–Crippen LogP) is 1.48. The molecule has 1 amide bonds. The number of anilines is 1. The largest absolute Gasteiger partial charge is 0.395 e. The summed E-state index contributed by atoms with van der Waals surface area (Å²) in [6.45, 7) is 4.05. The fourth-order valence-electron chi connectivity index (χ4n) is 2.46. The zero-order valence-corrected chi connectivity index (χ0v) is 11.4. The summed E-state index contributed by atoms with van der Waals surface area (Å²) in [5, 5.41) is 7.30. The summed E-state index contributed by atoms with van der Waals surface area (Å²) in [5.74, 6) is 0.510. The van der Waals surface area contributed by atoms with Gasteiger partial charge in [0.2, 0.25) is 0 Å². The van der Waals surface area contributed by atoms with Gasteiger partial charge >= 0.3 is 0 Å². The molecule has 0 spiro atoms. The molecule has 2 rings (SSSR count). The fraction of sp³-hybridized carbons (Fsp3) is 0.692. The molecule has 0 radical (unpaired) electrons. The minimum absolute atomic E-state index is 0.110. The molecule has 0 bridgehead atoms. The van der Waals surface area contributed by atoms with Gasteiger partial charge in [-0.2, -0.15) is 5.10 Å². The lowest BCUT2D eigenvalue weighted by Gasteiger charge is -2.31. The summed E-state index contributed by atoms with van der Waals surface area (Å²) in [6.07, 6.45) is 4.44. The van der Waals surface area contributed by atoms with Crippen LogP contribution in [0.1, 0.15) is 49.3 Å². The molecule has 5 nitrogen and oxygen atoms in total. The average molecular weight is 250 g/mol. The number of nitrogens with zero attached hydrogens (tertiary/aromatic N) is 2. The van der Waals surface area contributed by atoms with Crippen molar-refractivity contribution < 1.29 is 4.79 Å². The molecule has 3 N–H and O–H groups in total. The van der Waals surface area contributed by atoms with Gasteiger partial charge in [0.1, 0.15) is 5.69 Å². The lowest BCUT2D eigenvalue weighted by atomic mass is 9.80. The number of nitrogens with two attached hydrogens (primary N) is 1. The summed E-state index contributed by atoms with van der Waals surface area (Å²) < 4.78 is 1.58. The number of hydrogen-bond acceptors (Lipinski definition) is 3. The highest BCUT2D eigenvalue weighted by atomic mass is 16.2. The Morgan fingerprint density at radius 2 is 2.28 bits per heavy atom. The van der Waals surface area contributed by atoms with E-state index in [1.165, 1.54) is 19.3 Å². The van der Waals surface area contributed by atoms with Gasteiger partial charge in [-0.25, -0.2) is 0 Å². The first kappa shape index (κ1) is 12.9. The van der Waals surface area contributed by atoms with E-state index in [2.05, 4.69) is 17.3 Å². The molecular weight excluding hydrogens is 228 g/mol. The van der Waals surface area contributed by atoms with Crippen LogP contribution in [0.3, 0.4) is 0 Å². The SMILES string of the molecule is CCc1nn(C)c(C(=O)NC(C)C2CCC2)c1N. The summed E-state index contributed by atoms with van der Waals surface area (Å²) >= 11 is 0. The van der Waals surface area contributed by atoms with E-state index >= 15 is 0 Å². The van der Waals surface area contributed by atoms with Crippen molar-refractivity contribution in [3.05, 3.63) is 11.4 Å². The molecule has 0 aliphatic heterocycles. The molecule has 1 heterocycles. The van der Waals surface area contributed by atoms with E-state index in [4.69, 9.17) is 5.73 Å². The van der Waals surface area contributed by atoms with Crippen LogP contribution in [0.5, 0.6) is 0 Å². The molecule has 1 aromatic heterocycles. The maximum atomic E-state index is 12.2. The molecule has 1 aliphatic carbocycles. The standard InChI is InChI=1S/C13H22N4O/c1-4-10-11(14)12(17(3)16-10)13(18)15-8(2)9-6-5-7-9/h8-9H,4-7,14H2,1-3H3,(H,15,18). The van der Waals surface area contributed by atoms with Crippen molar-refractivity contribution in [3.8, 4) is 0 Å². The van der Waals surface area contributed by atoms with Gasteiger partial charge in [0.25, 0.3) is 5.91 Å². The van der Waals surface area contributed by atoms with Crippen LogP contribution in [-0.4, -0.2) is 21.7 Å². The maximum absolute atomic E-state index is 12.2. The monoisotopic (exact) mass is 250 g/mol. The Kier molecular flexibility index (Phi) is 3.59. The number of nitrogens with one attached hydrogen (secondary N) is 1. The van der Waals surface area contributed by atoms with E-state index in [9.17, 15) is 4.79 Å². The van der Waals surface area contributed by atoms with Gasteiger partial charge in [0.15, 0.2) is 0 Å². The Labute approximate surface area is 108 Å². The van der Waals surface area contributed by atoms with Crippen LogP contribution >= 0.6 is 0 Å². The number of rotatable bonds is 4. The highest BCUT2D eigenvalue weighted by Gasteiger charge is 2.27. The van der Waals surface area contributed by atoms with E-state index in [1.807, 2.05) is 6.92 Å². The van der Waals surface area contributed by atoms with Gasteiger partial charge in [0.05, 0.1) is 11.4 Å². The van der Waals surface area contributed by atoms with Crippen molar-refractivity contribution in [2.75, 3.05) is 5.73 Å². The molecule has 1 atom stereocenters. The summed E-state index contributed by atoms with van der Waals surface area (Å²) in [7, 11) is 1.76. The highest BCUT2D eigenvalue weighted by Crippen LogP contribution is 2.29. The normalized spacial score (nSPS) is 17.3. The first-order valence-electron chi connectivity index (χ1n) is 6.66. The van der Waals surface area contributed by atoms with Crippen molar-refractivity contribution >= 4 is 11.6 Å². The molecule has 18 heavy (non-hydrogen) atoms. The van der Waals surface area contributed by atoms with Gasteiger partial charge in [0, 0.05) is 13.1 Å². The molecule has 100 valence electrons. The quantitative estimate of drug-likeness (QED) is 0.850. The molecule has 5 heteroatoms. The molecular formula is C13H22N4O. The number of hydrogen-bond donors (Lipinski definition) is 2. The third-order valence-corrected chi connectivity index (χ3v) is 3.93. The number of carbonyl (C=O) groups is 1. The fourth-order valence-corrected chi connectivity index (χ4v) is 2.46. The molecule has 1 aliphatic rings. The second-order valence-corrected chi connectivity index (χ2v) is 5.14. The van der Waals surface area contributed by atoms with Gasteiger partial charge in [-0.3, -0.25) is 9.48 Å². The van der Waals surface area contributed by atoms with E-state index in [0.717, 1.165) is 12.1 Å². The second-order valence-electron chi connectivity index (χ2n) is 5.14. The Morgan fingerprint density at radius 3 is 2.72 bits per heavy atom. The number of amides is 1. The maximum Gasteiger partial charge on any atom is 0.271 e. The van der Waals surface area contributed by atoms with Crippen LogP contribution in [0.4, 0.5) is 5.69 Å². The van der Waals surface area contributed by atoms with Crippen molar-refractivity contribution in [3.63, 3.8) is 0 Å². The van der Waals surface area contributed by atoms with E-state index in [1.54, 1.807) is 11.7 Å². The van der Waals surface area contributed by atoms with Crippen LogP contribution in [0.2, 0.25) is 0 Å². The second kappa shape index (κ2) is 5.00. The van der Waals surface area contributed by atoms with Crippen molar-refractivity contribution in [2.45, 2.75) is 45.6 Å². The number of aryl methyl sites for hydroxylation is 2. The lowest BCUT2D eigenvalue weighted by Crippen LogP contribution is -2.41. The third kappa shape index (κ3) is 2.21. The Balaban J connectivity index is 2.10. The van der Waals surface area contributed by atoms with Crippen LogP contribution in [0.25, 0.3) is 0 Å². The Bertz CT molecular complexity index is 448. The topological polar surface area (TPSA) is 72.9 Å². The predicted molar refractivity (Wildman–Crippen MR) is 71.3 cm³/mol. The molecule has 1 unspecified atom stereocenters. The highest BCUT2D eigenvalue weighted by molar-refractivity contribution is 5.98. The zero-order chi connectivity index (χ0) is 13.3. The van der Waals surface area contributed by atoms with Gasteiger partial charge in [-0.05, 0) is 32.1 Å². The third-order valence-electron chi connectivity index (χ3n) is 3.93. The van der Waals surface area contributed by atoms with Gasteiger partial charge in [-0.15, -0.1) is 0 Å². The van der Waals surface area contributed by atoms with Gasteiger partial charge < -0.3 is 11.1 Å². The summed E-state index contributed by atoms with van der Waals surface area (Å²) in [4.78, 5) is 12.2. The lowest BCUT2D eigenvalue weighted by molar-refractivity contribution is 0.0900. The smallest absolute Gasteiger partial charge is 0.271 e. The summed E-state index contributed by atoms with van der Waals surface area (Å²) in [6, 6.07) is 0.214. The van der Waals surface area contributed by atoms with E-state index in [0.29, 0.717) is 17.3 Å². The van der Waals surface area contributed by atoms with E-state index in [-0.39, 0.29) is 11.9 Å². The van der Waals surface area contributed by atoms with E-state index < -0.39 is 0 Å². The summed E-state index contributed by atoms with van der Waals surface area (Å²) in [5.41, 5.74) is 7.76. The minimum Gasteiger partial charge on any atom is -0.395 e. The zero-order valence-electron chi connectivity index (χ0n) is 11.4. The van der Waals surface area contributed by atoms with Crippen LogP contribution in [0.15, 0.2) is 0 Å². The average Bonchev–Trinajstić information content (AvgIpc) is 2.50. The molecule has 1 saturated carbocycles. The Morgan fingerprint density at radius 1 is 1.61 bits per heavy atom. The van der Waals surface area contributed by atoms with Crippen molar-refractivity contribution in [1.82, 2.24) is 15.1 Å². The minimum atomic E-state index is -0.110.